The van der Waals surface area contributed by atoms with Crippen LogP contribution >= 0.6 is 11.8 Å². The molecule has 0 aliphatic heterocycles. The van der Waals surface area contributed by atoms with E-state index in [-0.39, 0.29) is 6.04 Å². The molecule has 0 aromatic carbocycles. The van der Waals surface area contributed by atoms with E-state index >= 15 is 0 Å². The van der Waals surface area contributed by atoms with Gasteiger partial charge in [-0.15, -0.1) is 0 Å². The molecule has 90 valence electrons. The van der Waals surface area contributed by atoms with Gasteiger partial charge < -0.3 is 5.73 Å². The second-order valence-electron chi connectivity index (χ2n) is 3.78. The summed E-state index contributed by atoms with van der Waals surface area (Å²) in [5, 5.41) is 0. The number of rotatable bonds is 6. The highest BCUT2D eigenvalue weighted by atomic mass is 32.2. The first-order valence-corrected chi connectivity index (χ1v) is 6.60. The molecular weight excluding hydrogens is 220 g/mol. The smallest absolute Gasteiger partial charge is 0.128 e. The van der Waals surface area contributed by atoms with E-state index in [4.69, 9.17) is 11.6 Å². The lowest BCUT2D eigenvalue weighted by molar-refractivity contribution is 0.610. The van der Waals surface area contributed by atoms with Crippen LogP contribution in [0.5, 0.6) is 0 Å². The first-order chi connectivity index (χ1) is 7.69. The Morgan fingerprint density at radius 2 is 2.31 bits per heavy atom. The van der Waals surface area contributed by atoms with E-state index in [0.29, 0.717) is 5.82 Å². The van der Waals surface area contributed by atoms with Crippen LogP contribution in [0.4, 0.5) is 5.82 Å². The molecule has 1 atom stereocenters. The van der Waals surface area contributed by atoms with Crippen LogP contribution in [0.1, 0.15) is 30.5 Å². The third-order valence-corrected chi connectivity index (χ3v) is 3.56. The van der Waals surface area contributed by atoms with E-state index in [1.54, 1.807) is 6.20 Å². The van der Waals surface area contributed by atoms with Crippen LogP contribution in [0.25, 0.3) is 0 Å². The number of pyridine rings is 1. The van der Waals surface area contributed by atoms with Crippen LogP contribution in [0.3, 0.4) is 0 Å². The van der Waals surface area contributed by atoms with Crippen LogP contribution in [0, 0.1) is 6.92 Å². The fourth-order valence-electron chi connectivity index (χ4n) is 1.45. The monoisotopic (exact) mass is 240 g/mol. The average molecular weight is 240 g/mol. The third-order valence-electron chi connectivity index (χ3n) is 2.30. The van der Waals surface area contributed by atoms with E-state index < -0.39 is 0 Å². The lowest BCUT2D eigenvalue weighted by Gasteiger charge is -2.17. The summed E-state index contributed by atoms with van der Waals surface area (Å²) in [5.74, 6) is 8.17. The summed E-state index contributed by atoms with van der Waals surface area (Å²) in [7, 11) is 0. The number of hydrogen-bond acceptors (Lipinski definition) is 5. The summed E-state index contributed by atoms with van der Waals surface area (Å²) in [5.41, 5.74) is 10.8. The number of aromatic nitrogens is 1. The molecule has 0 radical (unpaired) electrons. The molecule has 1 unspecified atom stereocenters. The van der Waals surface area contributed by atoms with E-state index in [1.165, 1.54) is 6.42 Å². The second kappa shape index (κ2) is 6.73. The van der Waals surface area contributed by atoms with Crippen molar-refractivity contribution in [3.8, 4) is 0 Å². The first kappa shape index (κ1) is 13.3. The van der Waals surface area contributed by atoms with Gasteiger partial charge in [0.05, 0.1) is 6.04 Å². The van der Waals surface area contributed by atoms with Gasteiger partial charge in [0, 0.05) is 17.5 Å². The molecular formula is C11H20N4S. The van der Waals surface area contributed by atoms with Gasteiger partial charge in [-0.3, -0.25) is 11.3 Å². The number of nitrogens with one attached hydrogen (secondary N) is 1. The maximum absolute atomic E-state index is 5.85. The Balaban J connectivity index is 2.73. The standard InChI is InChI=1S/C11H20N4S/c1-3-4-16-7-10(15-13)9-5-8(2)6-14-11(9)12/h5-6,10,15H,3-4,7,13H2,1-2H3,(H2,12,14). The van der Waals surface area contributed by atoms with Gasteiger partial charge in [0.2, 0.25) is 0 Å². The molecule has 1 heterocycles. The molecule has 1 aromatic rings. The minimum absolute atomic E-state index is 0.0731. The zero-order chi connectivity index (χ0) is 12.0. The predicted molar refractivity (Wildman–Crippen MR) is 71.1 cm³/mol. The van der Waals surface area contributed by atoms with Crippen molar-refractivity contribution in [3.63, 3.8) is 0 Å². The fourth-order valence-corrected chi connectivity index (χ4v) is 2.42. The number of hydrogen-bond donors (Lipinski definition) is 3. The van der Waals surface area contributed by atoms with Crippen molar-refractivity contribution in [1.82, 2.24) is 10.4 Å². The Morgan fingerprint density at radius 1 is 1.56 bits per heavy atom. The van der Waals surface area contributed by atoms with Crippen LogP contribution in [-0.2, 0) is 0 Å². The molecule has 1 aromatic heterocycles. The van der Waals surface area contributed by atoms with E-state index in [2.05, 4.69) is 17.3 Å². The molecule has 16 heavy (non-hydrogen) atoms. The van der Waals surface area contributed by atoms with Gasteiger partial charge in [-0.05, 0) is 30.7 Å². The number of thioether (sulfide) groups is 1. The Bertz CT molecular complexity index is 330. The van der Waals surface area contributed by atoms with E-state index in [0.717, 1.165) is 22.6 Å². The molecule has 0 spiro atoms. The van der Waals surface area contributed by atoms with Crippen LogP contribution in [0.15, 0.2) is 12.3 Å². The minimum atomic E-state index is 0.0731. The quantitative estimate of drug-likeness (QED) is 0.400. The zero-order valence-corrected chi connectivity index (χ0v) is 10.7. The van der Waals surface area contributed by atoms with E-state index in [9.17, 15) is 0 Å². The third kappa shape index (κ3) is 3.66. The molecule has 0 aliphatic carbocycles. The summed E-state index contributed by atoms with van der Waals surface area (Å²) >= 11 is 1.87. The van der Waals surface area contributed by atoms with Crippen molar-refractivity contribution >= 4 is 17.6 Å². The molecule has 5 heteroatoms. The second-order valence-corrected chi connectivity index (χ2v) is 4.93. The Labute approximate surface area is 101 Å². The SMILES string of the molecule is CCCSCC(NN)c1cc(C)cnc1N. The molecule has 5 N–H and O–H groups in total. The van der Waals surface area contributed by atoms with Gasteiger partial charge in [0.15, 0.2) is 0 Å². The molecule has 0 fully saturated rings. The number of aryl methyl sites for hydroxylation is 1. The number of nitrogens with zero attached hydrogens (tertiary/aromatic N) is 1. The number of anilines is 1. The summed E-state index contributed by atoms with van der Waals surface area (Å²) in [6, 6.07) is 2.11. The lowest BCUT2D eigenvalue weighted by atomic mass is 10.1. The van der Waals surface area contributed by atoms with Crippen molar-refractivity contribution in [2.75, 3.05) is 17.2 Å². The number of hydrazine groups is 1. The Hall–Kier alpha value is -0.780. The summed E-state index contributed by atoms with van der Waals surface area (Å²) in [6.45, 7) is 4.17. The summed E-state index contributed by atoms with van der Waals surface area (Å²) in [6.07, 6.45) is 2.94. The zero-order valence-electron chi connectivity index (χ0n) is 9.86. The fraction of sp³-hybridized carbons (Fsp3) is 0.545. The lowest BCUT2D eigenvalue weighted by Crippen LogP contribution is -2.30. The minimum Gasteiger partial charge on any atom is -0.383 e. The number of nitrogens with two attached hydrogens (primary N) is 2. The predicted octanol–water partition coefficient (Wildman–Crippen LogP) is 1.62. The number of nitrogen functional groups attached to an aromatic ring is 1. The summed E-state index contributed by atoms with van der Waals surface area (Å²) in [4.78, 5) is 4.15. The molecule has 0 saturated heterocycles. The maximum Gasteiger partial charge on any atom is 0.128 e. The first-order valence-electron chi connectivity index (χ1n) is 5.45. The molecule has 0 saturated carbocycles. The van der Waals surface area contributed by atoms with E-state index in [1.807, 2.05) is 24.8 Å². The molecule has 1 rings (SSSR count). The Kier molecular flexibility index (Phi) is 5.59. The van der Waals surface area contributed by atoms with Crippen LogP contribution in [-0.4, -0.2) is 16.5 Å². The van der Waals surface area contributed by atoms with Crippen LogP contribution in [0.2, 0.25) is 0 Å². The highest BCUT2D eigenvalue weighted by Gasteiger charge is 2.13. The van der Waals surface area contributed by atoms with Gasteiger partial charge in [0.1, 0.15) is 5.82 Å². The van der Waals surface area contributed by atoms with Crippen molar-refractivity contribution in [2.45, 2.75) is 26.3 Å². The topological polar surface area (TPSA) is 77.0 Å². The van der Waals surface area contributed by atoms with Crippen LogP contribution < -0.4 is 17.0 Å². The molecule has 0 amide bonds. The van der Waals surface area contributed by atoms with Crippen molar-refractivity contribution in [3.05, 3.63) is 23.4 Å². The largest absolute Gasteiger partial charge is 0.383 e. The highest BCUT2D eigenvalue weighted by molar-refractivity contribution is 7.99. The molecule has 0 aliphatic rings. The average Bonchev–Trinajstić information content (AvgIpc) is 2.28. The Morgan fingerprint density at radius 3 is 2.94 bits per heavy atom. The normalized spacial score (nSPS) is 12.7. The van der Waals surface area contributed by atoms with Crippen molar-refractivity contribution in [1.29, 1.82) is 0 Å². The molecule has 4 nitrogen and oxygen atoms in total. The summed E-state index contributed by atoms with van der Waals surface area (Å²) < 4.78 is 0. The van der Waals surface area contributed by atoms with Crippen molar-refractivity contribution < 1.29 is 0 Å². The van der Waals surface area contributed by atoms with Gasteiger partial charge in [0.25, 0.3) is 0 Å². The molecule has 0 bridgehead atoms. The van der Waals surface area contributed by atoms with Gasteiger partial charge in [-0.2, -0.15) is 11.8 Å². The highest BCUT2D eigenvalue weighted by Crippen LogP contribution is 2.22. The van der Waals surface area contributed by atoms with Gasteiger partial charge in [-0.25, -0.2) is 4.98 Å². The van der Waals surface area contributed by atoms with Gasteiger partial charge >= 0.3 is 0 Å². The van der Waals surface area contributed by atoms with Gasteiger partial charge in [-0.1, -0.05) is 6.92 Å². The van der Waals surface area contributed by atoms with Crippen molar-refractivity contribution in [2.24, 2.45) is 5.84 Å². The maximum atomic E-state index is 5.85.